The topological polar surface area (TPSA) is 35.6 Å². The predicted octanol–water partition coefficient (Wildman–Crippen LogP) is 3.81. The Morgan fingerprint density at radius 1 is 1.19 bits per heavy atom. The van der Waals surface area contributed by atoms with Crippen LogP contribution in [-0.4, -0.2) is 66.5 Å². The lowest BCUT2D eigenvalue weighted by molar-refractivity contribution is -0.122. The maximum Gasteiger partial charge on any atom is 0.220 e. The molecule has 2 heterocycles. The number of hydrogen-bond donors (Lipinski definition) is 1. The van der Waals surface area contributed by atoms with Crippen molar-refractivity contribution in [2.24, 2.45) is 0 Å². The number of hydrogen-bond acceptors (Lipinski definition) is 5. The fraction of sp³-hybridized carbons (Fsp3) is 0.667. The molecule has 2 saturated heterocycles. The Morgan fingerprint density at radius 3 is 2.67 bits per heavy atom. The summed E-state index contributed by atoms with van der Waals surface area (Å²) in [5.41, 5.74) is 1.21. The van der Waals surface area contributed by atoms with Gasteiger partial charge in [-0.25, -0.2) is 0 Å². The first kappa shape index (κ1) is 21.0. The van der Waals surface area contributed by atoms with Crippen molar-refractivity contribution in [1.29, 1.82) is 0 Å². The van der Waals surface area contributed by atoms with Crippen LogP contribution in [0.3, 0.4) is 0 Å². The van der Waals surface area contributed by atoms with Crippen LogP contribution in [0.5, 0.6) is 0 Å². The van der Waals surface area contributed by atoms with Gasteiger partial charge in [0.05, 0.1) is 6.04 Å². The molecule has 2 atom stereocenters. The summed E-state index contributed by atoms with van der Waals surface area (Å²) in [6.07, 6.45) is 5.41. The lowest BCUT2D eigenvalue weighted by Crippen LogP contribution is -2.47. The van der Waals surface area contributed by atoms with Crippen LogP contribution in [0.25, 0.3) is 0 Å². The van der Waals surface area contributed by atoms with Gasteiger partial charge in [0.15, 0.2) is 0 Å². The van der Waals surface area contributed by atoms with Crippen LogP contribution in [0.4, 0.5) is 0 Å². The number of unbranched alkanes of at least 4 members (excludes halogenated alkanes) is 1. The van der Waals surface area contributed by atoms with Crippen molar-refractivity contribution in [1.82, 2.24) is 15.1 Å². The Bertz CT molecular complexity index is 558. The summed E-state index contributed by atoms with van der Waals surface area (Å²) in [6.45, 7) is 5.26. The molecule has 2 unspecified atom stereocenters. The van der Waals surface area contributed by atoms with Crippen molar-refractivity contribution in [3.63, 3.8) is 0 Å². The van der Waals surface area contributed by atoms with E-state index in [0.29, 0.717) is 6.42 Å². The van der Waals surface area contributed by atoms with Crippen LogP contribution in [0.1, 0.15) is 43.7 Å². The number of nitrogens with zero attached hydrogens (tertiary/aromatic N) is 2. The molecule has 150 valence electrons. The van der Waals surface area contributed by atoms with E-state index in [1.54, 1.807) is 0 Å². The van der Waals surface area contributed by atoms with Gasteiger partial charge in [0.25, 0.3) is 0 Å². The van der Waals surface area contributed by atoms with E-state index in [1.807, 2.05) is 27.7 Å². The maximum absolute atomic E-state index is 12.6. The van der Waals surface area contributed by atoms with E-state index in [-0.39, 0.29) is 11.9 Å². The predicted molar refractivity (Wildman–Crippen MR) is 118 cm³/mol. The minimum Gasteiger partial charge on any atom is -0.348 e. The highest BCUT2D eigenvalue weighted by atomic mass is 33.1. The lowest BCUT2D eigenvalue weighted by Gasteiger charge is -2.35. The SMILES string of the molecule is CN1CCN(CC(NC(=O)CCCCC2CCSS2)c2ccccc2)CC1. The van der Waals surface area contributed by atoms with Crippen molar-refractivity contribution >= 4 is 27.5 Å². The van der Waals surface area contributed by atoms with E-state index in [4.69, 9.17) is 0 Å². The minimum absolute atomic E-state index is 0.0869. The molecule has 1 N–H and O–H groups in total. The van der Waals surface area contributed by atoms with Gasteiger partial charge in [-0.2, -0.15) is 0 Å². The Kier molecular flexibility index (Phi) is 8.84. The molecule has 4 nitrogen and oxygen atoms in total. The van der Waals surface area contributed by atoms with Gasteiger partial charge in [0, 0.05) is 50.1 Å². The highest BCUT2D eigenvalue weighted by Gasteiger charge is 2.21. The first-order chi connectivity index (χ1) is 13.2. The van der Waals surface area contributed by atoms with Gasteiger partial charge in [0.2, 0.25) is 5.91 Å². The Labute approximate surface area is 172 Å². The molecule has 1 aromatic rings. The summed E-state index contributed by atoms with van der Waals surface area (Å²) >= 11 is 0. The summed E-state index contributed by atoms with van der Waals surface area (Å²) in [6, 6.07) is 10.5. The van der Waals surface area contributed by atoms with Crippen LogP contribution in [0.15, 0.2) is 30.3 Å². The van der Waals surface area contributed by atoms with Gasteiger partial charge < -0.3 is 10.2 Å². The molecule has 0 spiro atoms. The fourth-order valence-corrected chi connectivity index (χ4v) is 6.72. The lowest BCUT2D eigenvalue weighted by atomic mass is 10.0. The molecule has 1 aromatic carbocycles. The number of piperazine rings is 1. The van der Waals surface area contributed by atoms with E-state index < -0.39 is 0 Å². The monoisotopic (exact) mass is 407 g/mol. The second-order valence-corrected chi connectivity index (χ2v) is 10.5. The molecule has 0 aromatic heterocycles. The molecule has 3 rings (SSSR count). The summed E-state index contributed by atoms with van der Waals surface area (Å²) in [5.74, 6) is 1.49. The molecule has 2 aliphatic heterocycles. The van der Waals surface area contributed by atoms with Crippen molar-refractivity contribution in [2.45, 2.75) is 43.4 Å². The molecule has 0 bridgehead atoms. The third-order valence-corrected chi connectivity index (χ3v) is 8.49. The second kappa shape index (κ2) is 11.3. The quantitative estimate of drug-likeness (QED) is 0.498. The largest absolute Gasteiger partial charge is 0.348 e. The summed E-state index contributed by atoms with van der Waals surface area (Å²) in [5, 5.41) is 4.13. The highest BCUT2D eigenvalue weighted by molar-refractivity contribution is 8.77. The van der Waals surface area contributed by atoms with Gasteiger partial charge in [-0.05, 0) is 31.9 Å². The van der Waals surface area contributed by atoms with Crippen LogP contribution in [0, 0.1) is 0 Å². The number of amides is 1. The standard InChI is InChI=1S/C21H33N3OS2/c1-23-12-14-24(15-13-23)17-20(18-7-3-2-4-8-18)22-21(25)10-6-5-9-19-11-16-26-27-19/h2-4,7-8,19-20H,5-6,9-17H2,1H3,(H,22,25). The summed E-state index contributed by atoms with van der Waals surface area (Å²) in [4.78, 5) is 17.4. The third-order valence-electron chi connectivity index (χ3n) is 5.48. The molecular formula is C21H33N3OS2. The highest BCUT2D eigenvalue weighted by Crippen LogP contribution is 2.39. The molecule has 0 saturated carbocycles. The Morgan fingerprint density at radius 2 is 1.96 bits per heavy atom. The zero-order valence-electron chi connectivity index (χ0n) is 16.4. The first-order valence-electron chi connectivity index (χ1n) is 10.2. The van der Waals surface area contributed by atoms with Gasteiger partial charge in [-0.3, -0.25) is 9.69 Å². The normalized spacial score (nSPS) is 22.6. The van der Waals surface area contributed by atoms with Crippen molar-refractivity contribution in [3.8, 4) is 0 Å². The van der Waals surface area contributed by atoms with Gasteiger partial charge in [0.1, 0.15) is 0 Å². The molecule has 1 amide bonds. The van der Waals surface area contributed by atoms with E-state index >= 15 is 0 Å². The third kappa shape index (κ3) is 7.33. The van der Waals surface area contributed by atoms with Gasteiger partial charge in [-0.1, -0.05) is 58.3 Å². The smallest absolute Gasteiger partial charge is 0.220 e. The minimum atomic E-state index is 0.0869. The van der Waals surface area contributed by atoms with Crippen LogP contribution < -0.4 is 5.32 Å². The average Bonchev–Trinajstić information content (AvgIpc) is 3.21. The van der Waals surface area contributed by atoms with E-state index in [0.717, 1.165) is 44.4 Å². The van der Waals surface area contributed by atoms with Crippen molar-refractivity contribution in [3.05, 3.63) is 35.9 Å². The first-order valence-corrected chi connectivity index (χ1v) is 12.6. The van der Waals surface area contributed by atoms with E-state index in [9.17, 15) is 4.79 Å². The average molecular weight is 408 g/mol. The Hall–Kier alpha value is -0.690. The van der Waals surface area contributed by atoms with Crippen molar-refractivity contribution < 1.29 is 4.79 Å². The number of carbonyl (C=O) groups excluding carboxylic acids is 1. The number of rotatable bonds is 9. The Balaban J connectivity index is 1.46. The maximum atomic E-state index is 12.6. The number of benzene rings is 1. The van der Waals surface area contributed by atoms with Crippen LogP contribution in [0.2, 0.25) is 0 Å². The molecular weight excluding hydrogens is 374 g/mol. The molecule has 27 heavy (non-hydrogen) atoms. The second-order valence-electron chi connectivity index (χ2n) is 7.71. The molecule has 2 aliphatic rings. The summed E-state index contributed by atoms with van der Waals surface area (Å²) in [7, 11) is 6.21. The van der Waals surface area contributed by atoms with Gasteiger partial charge in [-0.15, -0.1) is 0 Å². The zero-order chi connectivity index (χ0) is 18.9. The van der Waals surface area contributed by atoms with Gasteiger partial charge >= 0.3 is 0 Å². The molecule has 2 fully saturated rings. The molecule has 6 heteroatoms. The zero-order valence-corrected chi connectivity index (χ0v) is 18.1. The van der Waals surface area contributed by atoms with Crippen LogP contribution in [-0.2, 0) is 4.79 Å². The number of likely N-dealkylation sites (N-methyl/N-ethyl adjacent to an activating group) is 1. The van der Waals surface area contributed by atoms with Crippen LogP contribution >= 0.6 is 21.6 Å². The van der Waals surface area contributed by atoms with Crippen molar-refractivity contribution in [2.75, 3.05) is 45.5 Å². The van der Waals surface area contributed by atoms with E-state index in [1.165, 1.54) is 30.6 Å². The molecule has 0 radical (unpaired) electrons. The number of carbonyl (C=O) groups is 1. The number of nitrogens with one attached hydrogen (secondary N) is 1. The molecule has 0 aliphatic carbocycles. The van der Waals surface area contributed by atoms with E-state index in [2.05, 4.69) is 46.4 Å². The summed E-state index contributed by atoms with van der Waals surface area (Å²) < 4.78 is 0. The fourth-order valence-electron chi connectivity index (χ4n) is 3.70.